The Bertz CT molecular complexity index is 1290. The number of hydrogen-bond acceptors (Lipinski definition) is 5. The van der Waals surface area contributed by atoms with E-state index in [1.807, 2.05) is 66.7 Å². The molecular weight excluding hydrogens is 412 g/mol. The van der Waals surface area contributed by atoms with Crippen LogP contribution in [0.3, 0.4) is 0 Å². The quantitative estimate of drug-likeness (QED) is 0.465. The largest absolute Gasteiger partial charge is 0.497 e. The van der Waals surface area contributed by atoms with Crippen LogP contribution in [0.25, 0.3) is 22.0 Å². The first-order chi connectivity index (χ1) is 16.2. The van der Waals surface area contributed by atoms with Crippen LogP contribution in [0, 0.1) is 0 Å². The lowest BCUT2D eigenvalue weighted by Crippen LogP contribution is -2.36. The number of fused-ring (bicyclic) bond motifs is 1. The van der Waals surface area contributed by atoms with Crippen LogP contribution in [-0.2, 0) is 6.67 Å². The van der Waals surface area contributed by atoms with E-state index in [1.165, 1.54) is 5.69 Å². The lowest BCUT2D eigenvalue weighted by atomic mass is 10.1. The molecule has 33 heavy (non-hydrogen) atoms. The molecule has 0 saturated carbocycles. The SMILES string of the molecule is COc1ccc(N2CCCN(Cn3nc(-c4ccccc4)c4ccccc4c3=O)CC2)cc1. The predicted molar refractivity (Wildman–Crippen MR) is 133 cm³/mol. The van der Waals surface area contributed by atoms with E-state index in [0.29, 0.717) is 12.1 Å². The van der Waals surface area contributed by atoms with Gasteiger partial charge in [-0.1, -0.05) is 48.5 Å². The molecule has 1 aliphatic rings. The van der Waals surface area contributed by atoms with Crippen molar-refractivity contribution < 1.29 is 4.74 Å². The summed E-state index contributed by atoms with van der Waals surface area (Å²) in [6, 6.07) is 26.1. The van der Waals surface area contributed by atoms with E-state index in [2.05, 4.69) is 21.9 Å². The van der Waals surface area contributed by atoms with Crippen molar-refractivity contribution in [3.05, 3.63) is 89.2 Å². The minimum Gasteiger partial charge on any atom is -0.497 e. The third kappa shape index (κ3) is 4.47. The van der Waals surface area contributed by atoms with Crippen molar-refractivity contribution in [3.63, 3.8) is 0 Å². The standard InChI is InChI=1S/C27H28N4O2/c1-33-23-14-12-22(13-15-23)30-17-7-16-29(18-19-30)20-31-27(32)25-11-6-5-10-24(25)26(28-31)21-8-3-2-4-9-21/h2-6,8-15H,7,16-20H2,1H3. The summed E-state index contributed by atoms with van der Waals surface area (Å²) in [6.07, 6.45) is 1.03. The van der Waals surface area contributed by atoms with Gasteiger partial charge in [-0.2, -0.15) is 5.10 Å². The average molecular weight is 441 g/mol. The maximum Gasteiger partial charge on any atom is 0.275 e. The molecule has 0 atom stereocenters. The maximum absolute atomic E-state index is 13.3. The second kappa shape index (κ2) is 9.46. The molecule has 1 fully saturated rings. The van der Waals surface area contributed by atoms with Crippen LogP contribution in [-0.4, -0.2) is 48.0 Å². The highest BCUT2D eigenvalue weighted by atomic mass is 16.5. The second-order valence-corrected chi connectivity index (χ2v) is 8.36. The average Bonchev–Trinajstić information content (AvgIpc) is 3.12. The molecule has 5 rings (SSSR count). The number of ether oxygens (including phenoxy) is 1. The lowest BCUT2D eigenvalue weighted by molar-refractivity contribution is 0.217. The van der Waals surface area contributed by atoms with Crippen molar-refractivity contribution >= 4 is 16.5 Å². The van der Waals surface area contributed by atoms with E-state index in [0.717, 1.165) is 55.0 Å². The molecule has 6 nitrogen and oxygen atoms in total. The molecule has 0 radical (unpaired) electrons. The van der Waals surface area contributed by atoms with Gasteiger partial charge in [0, 0.05) is 42.8 Å². The first-order valence-electron chi connectivity index (χ1n) is 11.4. The zero-order chi connectivity index (χ0) is 22.6. The van der Waals surface area contributed by atoms with Gasteiger partial charge < -0.3 is 9.64 Å². The third-order valence-corrected chi connectivity index (χ3v) is 6.28. The molecule has 3 aromatic carbocycles. The highest BCUT2D eigenvalue weighted by molar-refractivity contribution is 5.93. The molecule has 1 saturated heterocycles. The third-order valence-electron chi connectivity index (χ3n) is 6.28. The van der Waals surface area contributed by atoms with Crippen molar-refractivity contribution in [2.24, 2.45) is 0 Å². The smallest absolute Gasteiger partial charge is 0.275 e. The van der Waals surface area contributed by atoms with Crippen molar-refractivity contribution in [2.75, 3.05) is 38.2 Å². The summed E-state index contributed by atoms with van der Waals surface area (Å²) in [5, 5.41) is 6.43. The van der Waals surface area contributed by atoms with Gasteiger partial charge in [0.05, 0.1) is 24.9 Å². The maximum atomic E-state index is 13.3. The van der Waals surface area contributed by atoms with Crippen LogP contribution in [0.2, 0.25) is 0 Å². The summed E-state index contributed by atoms with van der Waals surface area (Å²) in [4.78, 5) is 18.0. The van der Waals surface area contributed by atoms with E-state index in [4.69, 9.17) is 9.84 Å². The summed E-state index contributed by atoms with van der Waals surface area (Å²) < 4.78 is 6.91. The fourth-order valence-electron chi connectivity index (χ4n) is 4.49. The Morgan fingerprint density at radius 1 is 0.818 bits per heavy atom. The normalized spacial score (nSPS) is 14.9. The minimum atomic E-state index is -0.0402. The summed E-state index contributed by atoms with van der Waals surface area (Å²) in [7, 11) is 1.69. The fourth-order valence-corrected chi connectivity index (χ4v) is 4.49. The number of benzene rings is 3. The first kappa shape index (κ1) is 21.2. The molecule has 0 unspecified atom stereocenters. The Morgan fingerprint density at radius 3 is 2.30 bits per heavy atom. The molecule has 1 aromatic heterocycles. The highest BCUT2D eigenvalue weighted by Gasteiger charge is 2.18. The van der Waals surface area contributed by atoms with Crippen LogP contribution in [0.15, 0.2) is 83.7 Å². The summed E-state index contributed by atoms with van der Waals surface area (Å²) in [5.74, 6) is 0.867. The molecule has 6 heteroatoms. The number of anilines is 1. The molecule has 0 spiro atoms. The lowest BCUT2D eigenvalue weighted by Gasteiger charge is -2.24. The Morgan fingerprint density at radius 2 is 1.55 bits per heavy atom. The van der Waals surface area contributed by atoms with Crippen molar-refractivity contribution in [1.82, 2.24) is 14.7 Å². The number of methoxy groups -OCH3 is 1. The fraction of sp³-hybridized carbons (Fsp3) is 0.259. The number of nitrogens with zero attached hydrogens (tertiary/aromatic N) is 4. The van der Waals surface area contributed by atoms with Gasteiger partial charge in [0.25, 0.3) is 5.56 Å². The van der Waals surface area contributed by atoms with Crippen LogP contribution >= 0.6 is 0 Å². The molecule has 4 aromatic rings. The summed E-state index contributed by atoms with van der Waals surface area (Å²) in [5.41, 5.74) is 3.02. The molecule has 0 aliphatic carbocycles. The topological polar surface area (TPSA) is 50.6 Å². The van der Waals surface area contributed by atoms with Crippen molar-refractivity contribution in [1.29, 1.82) is 0 Å². The van der Waals surface area contributed by atoms with Crippen LogP contribution in [0.4, 0.5) is 5.69 Å². The molecular formula is C27H28N4O2. The number of aromatic nitrogens is 2. The van der Waals surface area contributed by atoms with Gasteiger partial charge >= 0.3 is 0 Å². The molecule has 168 valence electrons. The van der Waals surface area contributed by atoms with E-state index in [9.17, 15) is 4.79 Å². The van der Waals surface area contributed by atoms with Gasteiger partial charge in [0.1, 0.15) is 5.75 Å². The Balaban J connectivity index is 1.40. The monoisotopic (exact) mass is 440 g/mol. The predicted octanol–water partition coefficient (Wildman–Crippen LogP) is 4.24. The zero-order valence-electron chi connectivity index (χ0n) is 18.9. The van der Waals surface area contributed by atoms with Crippen molar-refractivity contribution in [2.45, 2.75) is 13.1 Å². The summed E-state index contributed by atoms with van der Waals surface area (Å²) in [6.45, 7) is 4.17. The van der Waals surface area contributed by atoms with E-state index >= 15 is 0 Å². The minimum absolute atomic E-state index is 0.0402. The number of hydrogen-bond donors (Lipinski definition) is 0. The first-order valence-corrected chi connectivity index (χ1v) is 11.4. The Hall–Kier alpha value is -3.64. The second-order valence-electron chi connectivity index (χ2n) is 8.36. The zero-order valence-corrected chi connectivity index (χ0v) is 18.9. The number of rotatable bonds is 5. The highest BCUT2D eigenvalue weighted by Crippen LogP contribution is 2.25. The van der Waals surface area contributed by atoms with E-state index in [1.54, 1.807) is 11.8 Å². The Kier molecular flexibility index (Phi) is 6.09. The van der Waals surface area contributed by atoms with Gasteiger partial charge in [-0.15, -0.1) is 0 Å². The Labute approximate surface area is 193 Å². The van der Waals surface area contributed by atoms with Gasteiger partial charge in [0.15, 0.2) is 0 Å². The van der Waals surface area contributed by atoms with Crippen molar-refractivity contribution in [3.8, 4) is 17.0 Å². The van der Waals surface area contributed by atoms with Crippen LogP contribution in [0.5, 0.6) is 5.75 Å². The van der Waals surface area contributed by atoms with Crippen LogP contribution < -0.4 is 15.2 Å². The summed E-state index contributed by atoms with van der Waals surface area (Å²) >= 11 is 0. The van der Waals surface area contributed by atoms with Gasteiger partial charge in [-0.05, 0) is 36.8 Å². The molecule has 1 aliphatic heterocycles. The van der Waals surface area contributed by atoms with Gasteiger partial charge in [-0.25, -0.2) is 4.68 Å². The van der Waals surface area contributed by atoms with Gasteiger partial charge in [0.2, 0.25) is 0 Å². The van der Waals surface area contributed by atoms with Gasteiger partial charge in [-0.3, -0.25) is 9.69 Å². The molecule has 0 N–H and O–H groups in total. The molecule has 0 bridgehead atoms. The molecule has 0 amide bonds. The van der Waals surface area contributed by atoms with E-state index in [-0.39, 0.29) is 5.56 Å². The van der Waals surface area contributed by atoms with E-state index < -0.39 is 0 Å². The van der Waals surface area contributed by atoms with Crippen LogP contribution in [0.1, 0.15) is 6.42 Å². The molecule has 2 heterocycles.